The summed E-state index contributed by atoms with van der Waals surface area (Å²) in [5, 5.41) is 1.44. The summed E-state index contributed by atoms with van der Waals surface area (Å²) in [5.74, 6) is 0.653. The van der Waals surface area contributed by atoms with Crippen molar-refractivity contribution in [2.24, 2.45) is 0 Å². The minimum atomic E-state index is -0.424. The van der Waals surface area contributed by atoms with Gasteiger partial charge >= 0.3 is 0 Å². The van der Waals surface area contributed by atoms with Gasteiger partial charge in [-0.1, -0.05) is 70.9 Å². The summed E-state index contributed by atoms with van der Waals surface area (Å²) in [5.41, 5.74) is 0. The Morgan fingerprint density at radius 1 is 1.00 bits per heavy atom. The van der Waals surface area contributed by atoms with Crippen molar-refractivity contribution in [2.75, 3.05) is 0 Å². The van der Waals surface area contributed by atoms with Crippen molar-refractivity contribution in [3.8, 4) is 5.75 Å². The lowest BCUT2D eigenvalue weighted by atomic mass is 10.1. The predicted molar refractivity (Wildman–Crippen MR) is 119 cm³/mol. The minimum Gasteiger partial charge on any atom is -0.489 e. The topological polar surface area (TPSA) is 26.3 Å². The first-order valence-electron chi connectivity index (χ1n) is 10.8. The summed E-state index contributed by atoms with van der Waals surface area (Å²) >= 11 is 6.99. The fraction of sp³-hybridized carbons (Fsp3) is 0.696. The van der Waals surface area contributed by atoms with E-state index in [4.69, 9.17) is 16.3 Å². The molecule has 2 nitrogen and oxygen atoms in total. The molecule has 1 atom stereocenters. The lowest BCUT2D eigenvalue weighted by Crippen LogP contribution is -2.17. The summed E-state index contributed by atoms with van der Waals surface area (Å²) in [4.78, 5) is 12.0. The van der Waals surface area contributed by atoms with Gasteiger partial charge in [0.2, 0.25) is 0 Å². The van der Waals surface area contributed by atoms with E-state index in [9.17, 15) is 4.79 Å². The molecule has 0 saturated carbocycles. The highest BCUT2D eigenvalue weighted by Gasteiger charge is 2.16. The summed E-state index contributed by atoms with van der Waals surface area (Å²) in [7, 11) is 0. The van der Waals surface area contributed by atoms with Crippen LogP contribution in [0, 0.1) is 0 Å². The molecule has 1 heterocycles. The van der Waals surface area contributed by atoms with Crippen molar-refractivity contribution in [2.45, 2.75) is 103 Å². The second kappa shape index (κ2) is 16.2. The molecule has 0 saturated heterocycles. The van der Waals surface area contributed by atoms with E-state index in [0.29, 0.717) is 10.6 Å². The number of ether oxygens (including phenoxy) is 1. The van der Waals surface area contributed by atoms with Crippen LogP contribution < -0.4 is 4.74 Å². The van der Waals surface area contributed by atoms with Crippen molar-refractivity contribution >= 4 is 28.2 Å². The van der Waals surface area contributed by atoms with Crippen LogP contribution in [-0.4, -0.2) is 11.3 Å². The number of carbonyl (C=O) groups is 1. The molecule has 0 aliphatic rings. The third-order valence-corrected chi connectivity index (χ3v) is 5.96. The molecule has 1 unspecified atom stereocenters. The van der Waals surface area contributed by atoms with E-state index in [0.717, 1.165) is 38.5 Å². The molecule has 0 radical (unpaired) electrons. The van der Waals surface area contributed by atoms with Crippen LogP contribution in [-0.2, 0) is 0 Å². The maximum atomic E-state index is 11.5. The maximum Gasteiger partial charge on any atom is 0.266 e. The second-order valence-electron chi connectivity index (χ2n) is 7.23. The Bertz CT molecular complexity index is 524. The van der Waals surface area contributed by atoms with E-state index in [2.05, 4.69) is 26.0 Å². The van der Waals surface area contributed by atoms with Crippen molar-refractivity contribution in [3.05, 3.63) is 28.5 Å². The summed E-state index contributed by atoms with van der Waals surface area (Å²) in [6, 6.07) is 1.86. The van der Waals surface area contributed by atoms with Crippen LogP contribution in [0.1, 0.15) is 107 Å². The number of hydrogen-bond acceptors (Lipinski definition) is 3. The minimum absolute atomic E-state index is 0.168. The first-order chi connectivity index (χ1) is 13.2. The first-order valence-corrected chi connectivity index (χ1v) is 12.0. The molecule has 1 rings (SSSR count). The van der Waals surface area contributed by atoms with E-state index >= 15 is 0 Å². The van der Waals surface area contributed by atoms with Crippen LogP contribution in [0.3, 0.4) is 0 Å². The maximum absolute atomic E-state index is 11.5. The highest BCUT2D eigenvalue weighted by molar-refractivity contribution is 7.14. The standard InChI is InChI=1S/C23H37ClO2S/c1-3-5-7-8-9-10-11-12-13-14-15-17-20(16-6-4-2)26-21-18-19-27-22(21)23(24)25/h12-13,18-20H,3-11,14-17H2,1-2H3/b13-12-. The van der Waals surface area contributed by atoms with Crippen LogP contribution in [0.4, 0.5) is 0 Å². The zero-order valence-electron chi connectivity index (χ0n) is 17.2. The van der Waals surface area contributed by atoms with E-state index < -0.39 is 5.24 Å². The van der Waals surface area contributed by atoms with Gasteiger partial charge in [-0.05, 0) is 61.6 Å². The summed E-state index contributed by atoms with van der Waals surface area (Å²) < 4.78 is 6.12. The number of hydrogen-bond donors (Lipinski definition) is 0. The lowest BCUT2D eigenvalue weighted by molar-refractivity contribution is 0.107. The van der Waals surface area contributed by atoms with Gasteiger partial charge in [0.05, 0.1) is 6.10 Å². The van der Waals surface area contributed by atoms with Crippen molar-refractivity contribution in [1.29, 1.82) is 0 Å². The van der Waals surface area contributed by atoms with Crippen LogP contribution in [0.25, 0.3) is 0 Å². The molecule has 0 aliphatic carbocycles. The normalized spacial score (nSPS) is 12.6. The number of thiophene rings is 1. The Kier molecular flexibility index (Phi) is 14.5. The Hall–Kier alpha value is -0.800. The van der Waals surface area contributed by atoms with Crippen LogP contribution >= 0.6 is 22.9 Å². The van der Waals surface area contributed by atoms with Crippen molar-refractivity contribution < 1.29 is 9.53 Å². The van der Waals surface area contributed by atoms with Crippen LogP contribution in [0.5, 0.6) is 5.75 Å². The molecular weight excluding hydrogens is 376 g/mol. The Labute approximate surface area is 175 Å². The van der Waals surface area contributed by atoms with Crippen LogP contribution in [0.15, 0.2) is 23.6 Å². The molecule has 0 N–H and O–H groups in total. The highest BCUT2D eigenvalue weighted by atomic mass is 35.5. The fourth-order valence-corrected chi connectivity index (χ4v) is 4.03. The zero-order valence-corrected chi connectivity index (χ0v) is 18.8. The lowest BCUT2D eigenvalue weighted by Gasteiger charge is -2.18. The molecule has 0 amide bonds. The molecular formula is C23H37ClO2S. The van der Waals surface area contributed by atoms with E-state index in [1.54, 1.807) is 0 Å². The number of unbranched alkanes of at least 4 members (excludes halogenated alkanes) is 8. The largest absolute Gasteiger partial charge is 0.489 e. The highest BCUT2D eigenvalue weighted by Crippen LogP contribution is 2.29. The summed E-state index contributed by atoms with van der Waals surface area (Å²) in [6.07, 6.45) is 20.8. The quantitative estimate of drug-likeness (QED) is 0.145. The van der Waals surface area contributed by atoms with Gasteiger partial charge in [0.15, 0.2) is 0 Å². The van der Waals surface area contributed by atoms with Crippen molar-refractivity contribution in [1.82, 2.24) is 0 Å². The van der Waals surface area contributed by atoms with Gasteiger partial charge in [-0.3, -0.25) is 4.79 Å². The van der Waals surface area contributed by atoms with Gasteiger partial charge in [0.1, 0.15) is 10.6 Å². The van der Waals surface area contributed by atoms with Gasteiger partial charge in [-0.25, -0.2) is 0 Å². The third kappa shape index (κ3) is 11.6. The van der Waals surface area contributed by atoms with Crippen molar-refractivity contribution in [3.63, 3.8) is 0 Å². The molecule has 0 fully saturated rings. The van der Waals surface area contributed by atoms with Gasteiger partial charge < -0.3 is 4.74 Å². The SMILES string of the molecule is CCCCCCCC/C=C\CCCC(CCCC)Oc1ccsc1C(=O)Cl. The van der Waals surface area contributed by atoms with Gasteiger partial charge in [0.25, 0.3) is 5.24 Å². The monoisotopic (exact) mass is 412 g/mol. The predicted octanol–water partition coefficient (Wildman–Crippen LogP) is 8.54. The Morgan fingerprint density at radius 3 is 2.33 bits per heavy atom. The molecule has 27 heavy (non-hydrogen) atoms. The second-order valence-corrected chi connectivity index (χ2v) is 8.49. The third-order valence-electron chi connectivity index (χ3n) is 4.77. The smallest absolute Gasteiger partial charge is 0.266 e. The van der Waals surface area contributed by atoms with Crippen LogP contribution in [0.2, 0.25) is 0 Å². The van der Waals surface area contributed by atoms with Gasteiger partial charge in [-0.15, -0.1) is 11.3 Å². The fourth-order valence-electron chi connectivity index (χ4n) is 3.15. The molecule has 4 heteroatoms. The number of rotatable bonds is 17. The number of allylic oxidation sites excluding steroid dienone is 2. The molecule has 0 aliphatic heterocycles. The van der Waals surface area contributed by atoms with E-state index in [1.165, 1.54) is 56.3 Å². The average molecular weight is 413 g/mol. The molecule has 154 valence electrons. The average Bonchev–Trinajstić information content (AvgIpc) is 3.12. The number of halogens is 1. The Morgan fingerprint density at radius 2 is 1.63 bits per heavy atom. The zero-order chi connectivity index (χ0) is 19.7. The molecule has 1 aromatic rings. The molecule has 0 spiro atoms. The van der Waals surface area contributed by atoms with E-state index in [-0.39, 0.29) is 6.10 Å². The summed E-state index contributed by atoms with van der Waals surface area (Å²) in [6.45, 7) is 4.46. The number of carbonyl (C=O) groups excluding carboxylic acids is 1. The molecule has 1 aromatic heterocycles. The molecule has 0 aromatic carbocycles. The molecule has 0 bridgehead atoms. The Balaban J connectivity index is 2.25. The first kappa shape index (κ1) is 24.2. The van der Waals surface area contributed by atoms with Gasteiger partial charge in [-0.2, -0.15) is 0 Å². The van der Waals surface area contributed by atoms with Gasteiger partial charge in [0, 0.05) is 0 Å². The van der Waals surface area contributed by atoms with E-state index in [1.807, 2.05) is 11.4 Å².